The molecule has 4 heteroatoms. The van der Waals surface area contributed by atoms with Crippen LogP contribution in [0.25, 0.3) is 0 Å². The molecular formula is C12H12N4. The van der Waals surface area contributed by atoms with Crippen LogP contribution in [-0.2, 0) is 12.8 Å². The summed E-state index contributed by atoms with van der Waals surface area (Å²) in [4.78, 5) is 0. The second kappa shape index (κ2) is 3.89. The Hall–Kier alpha value is -1.97. The van der Waals surface area contributed by atoms with Crippen molar-refractivity contribution in [1.29, 1.82) is 0 Å². The summed E-state index contributed by atoms with van der Waals surface area (Å²) < 4.78 is 1.59. The van der Waals surface area contributed by atoms with Gasteiger partial charge >= 0.3 is 0 Å². The van der Waals surface area contributed by atoms with Crippen molar-refractivity contribution < 1.29 is 0 Å². The molecule has 0 fully saturated rings. The normalized spacial score (nSPS) is 14.5. The first-order valence-corrected chi connectivity index (χ1v) is 5.42. The minimum absolute atomic E-state index is 1.13. The minimum atomic E-state index is 1.13. The Bertz CT molecular complexity index is 514. The monoisotopic (exact) mass is 212 g/mol. The second-order valence-corrected chi connectivity index (χ2v) is 3.97. The molecule has 80 valence electrons. The maximum Gasteiger partial charge on any atom is 0.141 e. The number of benzene rings is 1. The topological polar surface area (TPSA) is 43.1 Å². The first kappa shape index (κ1) is 9.27. The zero-order chi connectivity index (χ0) is 10.8. The van der Waals surface area contributed by atoms with Crippen LogP contribution < -0.4 is 0 Å². The smallest absolute Gasteiger partial charge is 0.141 e. The number of hydrogen-bond donors (Lipinski definition) is 0. The van der Waals surface area contributed by atoms with Gasteiger partial charge in [0.25, 0.3) is 0 Å². The molecule has 1 aromatic heterocycles. The van der Waals surface area contributed by atoms with Crippen molar-refractivity contribution in [2.45, 2.75) is 19.3 Å². The summed E-state index contributed by atoms with van der Waals surface area (Å²) in [6, 6.07) is 6.53. The van der Waals surface area contributed by atoms with Gasteiger partial charge in [0.1, 0.15) is 12.7 Å². The number of fused-ring (bicyclic) bond motifs is 1. The molecule has 1 aromatic carbocycles. The van der Waals surface area contributed by atoms with Gasteiger partial charge in [0.15, 0.2) is 0 Å². The molecule has 3 rings (SSSR count). The first-order chi connectivity index (χ1) is 7.92. The van der Waals surface area contributed by atoms with Gasteiger partial charge in [0.05, 0.1) is 6.21 Å². The van der Waals surface area contributed by atoms with Crippen LogP contribution in [0.3, 0.4) is 0 Å². The maximum absolute atomic E-state index is 4.23. The largest absolute Gasteiger partial charge is 0.208 e. The van der Waals surface area contributed by atoms with E-state index in [1.54, 1.807) is 17.3 Å². The van der Waals surface area contributed by atoms with Crippen molar-refractivity contribution in [3.05, 3.63) is 47.5 Å². The third-order valence-electron chi connectivity index (χ3n) is 2.87. The second-order valence-electron chi connectivity index (χ2n) is 3.97. The lowest BCUT2D eigenvalue weighted by atomic mass is 10.1. The minimum Gasteiger partial charge on any atom is -0.208 e. The molecule has 0 spiro atoms. The molecule has 1 aliphatic rings. The Morgan fingerprint density at radius 2 is 1.94 bits per heavy atom. The van der Waals surface area contributed by atoms with Crippen LogP contribution in [0.1, 0.15) is 23.1 Å². The van der Waals surface area contributed by atoms with Gasteiger partial charge in [-0.25, -0.2) is 4.68 Å². The lowest BCUT2D eigenvalue weighted by Crippen LogP contribution is -1.90. The van der Waals surface area contributed by atoms with Crippen molar-refractivity contribution in [3.8, 4) is 0 Å². The van der Waals surface area contributed by atoms with Crippen LogP contribution >= 0.6 is 0 Å². The van der Waals surface area contributed by atoms with Gasteiger partial charge in [-0.3, -0.25) is 0 Å². The average Bonchev–Trinajstić information content (AvgIpc) is 2.97. The Kier molecular flexibility index (Phi) is 2.25. The Morgan fingerprint density at radius 1 is 1.12 bits per heavy atom. The van der Waals surface area contributed by atoms with Gasteiger partial charge in [-0.2, -0.15) is 5.10 Å². The van der Waals surface area contributed by atoms with E-state index in [0.29, 0.717) is 0 Å². The molecule has 0 amide bonds. The molecule has 0 saturated carbocycles. The van der Waals surface area contributed by atoms with Crippen LogP contribution in [0.15, 0.2) is 36.0 Å². The quantitative estimate of drug-likeness (QED) is 0.710. The molecule has 2 aromatic rings. The fraction of sp³-hybridized carbons (Fsp3) is 0.250. The highest BCUT2D eigenvalue weighted by molar-refractivity contribution is 5.80. The highest BCUT2D eigenvalue weighted by Crippen LogP contribution is 2.22. The van der Waals surface area contributed by atoms with E-state index in [9.17, 15) is 0 Å². The molecule has 0 saturated heterocycles. The van der Waals surface area contributed by atoms with Crippen LogP contribution in [0.2, 0.25) is 0 Å². The lowest BCUT2D eigenvalue weighted by Gasteiger charge is -1.99. The van der Waals surface area contributed by atoms with Crippen molar-refractivity contribution >= 4 is 6.21 Å². The Morgan fingerprint density at radius 3 is 2.81 bits per heavy atom. The molecule has 0 unspecified atom stereocenters. The summed E-state index contributed by atoms with van der Waals surface area (Å²) in [5.41, 5.74) is 4.09. The summed E-state index contributed by atoms with van der Waals surface area (Å²) in [6.45, 7) is 0. The number of nitrogens with zero attached hydrogens (tertiary/aromatic N) is 4. The predicted molar refractivity (Wildman–Crippen MR) is 61.5 cm³/mol. The highest BCUT2D eigenvalue weighted by atomic mass is 15.4. The molecular weight excluding hydrogens is 200 g/mol. The molecule has 0 N–H and O–H groups in total. The van der Waals surface area contributed by atoms with Gasteiger partial charge in [0, 0.05) is 0 Å². The predicted octanol–water partition coefficient (Wildman–Crippen LogP) is 1.65. The summed E-state index contributed by atoms with van der Waals surface area (Å²) in [5, 5.41) is 11.6. The lowest BCUT2D eigenvalue weighted by molar-refractivity contribution is 0.878. The van der Waals surface area contributed by atoms with Gasteiger partial charge in [-0.1, -0.05) is 12.1 Å². The third kappa shape index (κ3) is 1.74. The molecule has 0 aliphatic heterocycles. The molecule has 4 nitrogen and oxygen atoms in total. The summed E-state index contributed by atoms with van der Waals surface area (Å²) in [7, 11) is 0. The first-order valence-electron chi connectivity index (χ1n) is 5.42. The van der Waals surface area contributed by atoms with Gasteiger partial charge in [0.2, 0.25) is 0 Å². The summed E-state index contributed by atoms with van der Waals surface area (Å²) in [5.74, 6) is 0. The van der Waals surface area contributed by atoms with Crippen LogP contribution in [0.4, 0.5) is 0 Å². The van der Waals surface area contributed by atoms with Crippen molar-refractivity contribution in [1.82, 2.24) is 14.9 Å². The van der Waals surface area contributed by atoms with E-state index in [-0.39, 0.29) is 0 Å². The third-order valence-corrected chi connectivity index (χ3v) is 2.87. The van der Waals surface area contributed by atoms with Crippen molar-refractivity contribution in [3.63, 3.8) is 0 Å². The number of rotatable bonds is 2. The molecule has 0 bridgehead atoms. The van der Waals surface area contributed by atoms with Gasteiger partial charge < -0.3 is 0 Å². The molecule has 1 aliphatic carbocycles. The van der Waals surface area contributed by atoms with E-state index < -0.39 is 0 Å². The molecule has 16 heavy (non-hydrogen) atoms. The highest BCUT2D eigenvalue weighted by Gasteiger charge is 2.09. The average molecular weight is 212 g/mol. The fourth-order valence-electron chi connectivity index (χ4n) is 2.06. The van der Waals surface area contributed by atoms with Crippen LogP contribution in [0, 0.1) is 0 Å². The zero-order valence-electron chi connectivity index (χ0n) is 8.87. The number of aromatic nitrogens is 3. The number of aryl methyl sites for hydroxylation is 2. The van der Waals surface area contributed by atoms with E-state index in [1.807, 2.05) is 6.21 Å². The Labute approximate surface area is 93.6 Å². The molecule has 0 atom stereocenters. The van der Waals surface area contributed by atoms with Gasteiger partial charge in [-0.15, -0.1) is 10.2 Å². The summed E-state index contributed by atoms with van der Waals surface area (Å²) >= 11 is 0. The van der Waals surface area contributed by atoms with E-state index in [4.69, 9.17) is 0 Å². The van der Waals surface area contributed by atoms with Crippen molar-refractivity contribution in [2.75, 3.05) is 0 Å². The van der Waals surface area contributed by atoms with Gasteiger partial charge in [-0.05, 0) is 42.0 Å². The van der Waals surface area contributed by atoms with E-state index in [0.717, 1.165) is 5.56 Å². The van der Waals surface area contributed by atoms with Crippen LogP contribution in [0.5, 0.6) is 0 Å². The Balaban J connectivity index is 1.85. The maximum atomic E-state index is 4.23. The molecule has 1 heterocycles. The standard InChI is InChI=1S/C12H12N4/c1-2-11-5-4-10(6-12(11)3-1)7-15-16-8-13-14-9-16/h4-9H,1-3H2/b15-7+. The number of hydrogen-bond acceptors (Lipinski definition) is 3. The fourth-order valence-corrected chi connectivity index (χ4v) is 2.06. The van der Waals surface area contributed by atoms with Crippen molar-refractivity contribution in [2.24, 2.45) is 5.10 Å². The summed E-state index contributed by atoms with van der Waals surface area (Å²) in [6.07, 6.45) is 8.68. The molecule has 0 radical (unpaired) electrons. The van der Waals surface area contributed by atoms with E-state index in [2.05, 4.69) is 33.5 Å². The zero-order valence-corrected chi connectivity index (χ0v) is 8.87. The van der Waals surface area contributed by atoms with Crippen LogP contribution in [-0.4, -0.2) is 21.1 Å². The van der Waals surface area contributed by atoms with E-state index in [1.165, 1.54) is 30.4 Å². The SMILES string of the molecule is C(=N\n1cnnc1)/c1ccc2c(c1)CCC2. The van der Waals surface area contributed by atoms with E-state index >= 15 is 0 Å².